The van der Waals surface area contributed by atoms with Crippen molar-refractivity contribution in [1.82, 2.24) is 20.7 Å². The molecule has 0 fully saturated rings. The van der Waals surface area contributed by atoms with E-state index in [0.29, 0.717) is 24.8 Å². The van der Waals surface area contributed by atoms with Crippen molar-refractivity contribution in [1.29, 1.82) is 0 Å². The Morgan fingerprint density at radius 1 is 1.47 bits per heavy atom. The van der Waals surface area contributed by atoms with E-state index < -0.39 is 0 Å². The number of hydrogen-bond donors (Lipinski definition) is 2. The van der Waals surface area contributed by atoms with E-state index in [0.717, 1.165) is 17.9 Å². The number of ether oxygens (including phenoxy) is 1. The molecule has 0 saturated heterocycles. The molecular formula is C11H16N4O2. The van der Waals surface area contributed by atoms with Crippen LogP contribution >= 0.6 is 0 Å². The summed E-state index contributed by atoms with van der Waals surface area (Å²) in [4.78, 5) is 0. The summed E-state index contributed by atoms with van der Waals surface area (Å²) in [6.45, 7) is 5.92. The van der Waals surface area contributed by atoms with Gasteiger partial charge in [-0.15, -0.1) is 5.10 Å². The van der Waals surface area contributed by atoms with Gasteiger partial charge in [0.25, 0.3) is 0 Å². The molecule has 2 aromatic heterocycles. The van der Waals surface area contributed by atoms with Crippen LogP contribution in [0, 0.1) is 6.92 Å². The van der Waals surface area contributed by atoms with Gasteiger partial charge in [-0.3, -0.25) is 5.10 Å². The van der Waals surface area contributed by atoms with E-state index in [-0.39, 0.29) is 0 Å². The smallest absolute Gasteiger partial charge is 0.233 e. The molecule has 2 rings (SSSR count). The predicted octanol–water partition coefficient (Wildman–Crippen LogP) is 1.39. The highest BCUT2D eigenvalue weighted by Gasteiger charge is 2.05. The van der Waals surface area contributed by atoms with Crippen molar-refractivity contribution >= 4 is 0 Å². The number of rotatable bonds is 6. The molecule has 2 aromatic rings. The second-order valence-corrected chi connectivity index (χ2v) is 3.74. The van der Waals surface area contributed by atoms with E-state index in [4.69, 9.17) is 9.26 Å². The lowest BCUT2D eigenvalue weighted by molar-refractivity contribution is 0.240. The maximum atomic E-state index is 5.43. The minimum absolute atomic E-state index is 0.337. The Labute approximate surface area is 99.3 Å². The van der Waals surface area contributed by atoms with Crippen LogP contribution in [0.2, 0.25) is 0 Å². The summed E-state index contributed by atoms with van der Waals surface area (Å²) in [6.07, 6.45) is 0. The second kappa shape index (κ2) is 5.49. The Bertz CT molecular complexity index is 463. The summed E-state index contributed by atoms with van der Waals surface area (Å²) in [5, 5.41) is 13.9. The number of aromatic nitrogens is 3. The first-order chi connectivity index (χ1) is 8.28. The molecule has 2 N–H and O–H groups in total. The van der Waals surface area contributed by atoms with E-state index >= 15 is 0 Å². The van der Waals surface area contributed by atoms with Crippen molar-refractivity contribution in [3.63, 3.8) is 0 Å². The van der Waals surface area contributed by atoms with E-state index in [1.54, 1.807) is 0 Å². The summed E-state index contributed by atoms with van der Waals surface area (Å²) in [5.41, 5.74) is 1.84. The molecule has 17 heavy (non-hydrogen) atoms. The van der Waals surface area contributed by atoms with Gasteiger partial charge in [-0.1, -0.05) is 12.1 Å². The fraction of sp³-hybridized carbons (Fsp3) is 0.455. The van der Waals surface area contributed by atoms with Crippen LogP contribution in [0.5, 0.6) is 5.88 Å². The number of nitrogens with one attached hydrogen (secondary N) is 2. The van der Waals surface area contributed by atoms with E-state index in [1.807, 2.05) is 26.0 Å². The zero-order chi connectivity index (χ0) is 12.1. The minimum Gasteiger partial charge on any atom is -0.468 e. The maximum Gasteiger partial charge on any atom is 0.233 e. The normalized spacial score (nSPS) is 10.7. The molecule has 92 valence electrons. The molecule has 6 nitrogen and oxygen atoms in total. The van der Waals surface area contributed by atoms with Crippen molar-refractivity contribution < 1.29 is 9.26 Å². The van der Waals surface area contributed by atoms with Crippen LogP contribution in [-0.4, -0.2) is 21.9 Å². The van der Waals surface area contributed by atoms with Gasteiger partial charge in [0.2, 0.25) is 5.88 Å². The number of hydrogen-bond acceptors (Lipinski definition) is 5. The summed E-state index contributed by atoms with van der Waals surface area (Å²) >= 11 is 0. The van der Waals surface area contributed by atoms with Crippen molar-refractivity contribution in [2.75, 3.05) is 6.54 Å². The van der Waals surface area contributed by atoms with Gasteiger partial charge in [0, 0.05) is 24.4 Å². The van der Waals surface area contributed by atoms with Crippen LogP contribution in [0.3, 0.4) is 0 Å². The van der Waals surface area contributed by atoms with Crippen LogP contribution in [-0.2, 0) is 13.2 Å². The molecule has 2 heterocycles. The quantitative estimate of drug-likeness (QED) is 0.792. The lowest BCUT2D eigenvalue weighted by Gasteiger charge is -1.96. The molecule has 6 heteroatoms. The molecule has 0 amide bonds. The Kier molecular flexibility index (Phi) is 3.77. The second-order valence-electron chi connectivity index (χ2n) is 3.74. The molecule has 0 aliphatic heterocycles. The van der Waals surface area contributed by atoms with Crippen molar-refractivity contribution in [2.45, 2.75) is 27.0 Å². The van der Waals surface area contributed by atoms with Gasteiger partial charge in [-0.05, 0) is 13.5 Å². The largest absolute Gasteiger partial charge is 0.468 e. The summed E-state index contributed by atoms with van der Waals surface area (Å²) < 4.78 is 10.6. The first-order valence-electron chi connectivity index (χ1n) is 5.58. The monoisotopic (exact) mass is 236 g/mol. The van der Waals surface area contributed by atoms with Crippen LogP contribution in [0.4, 0.5) is 0 Å². The lowest BCUT2D eigenvalue weighted by atomic mass is 10.3. The zero-order valence-corrected chi connectivity index (χ0v) is 9.99. The highest BCUT2D eigenvalue weighted by molar-refractivity contribution is 5.13. The number of nitrogens with zero attached hydrogens (tertiary/aromatic N) is 2. The van der Waals surface area contributed by atoms with E-state index in [2.05, 4.69) is 20.7 Å². The first kappa shape index (κ1) is 11.7. The average Bonchev–Trinajstić information content (AvgIpc) is 2.93. The third kappa shape index (κ3) is 3.32. The van der Waals surface area contributed by atoms with Gasteiger partial charge in [-0.2, -0.15) is 0 Å². The molecule has 0 radical (unpaired) electrons. The zero-order valence-electron chi connectivity index (χ0n) is 9.99. The Hall–Kier alpha value is -1.82. The molecule has 0 atom stereocenters. The number of aryl methyl sites for hydroxylation is 1. The standard InChI is InChI=1S/C11H16N4O2/c1-3-12-6-9-5-10(17-15-9)7-16-11-4-8(2)13-14-11/h4-5,12H,3,6-7H2,1-2H3,(H,13,14). The molecular weight excluding hydrogens is 220 g/mol. The molecule has 0 bridgehead atoms. The van der Waals surface area contributed by atoms with Gasteiger partial charge in [-0.25, -0.2) is 0 Å². The van der Waals surface area contributed by atoms with Gasteiger partial charge in [0.1, 0.15) is 0 Å². The highest BCUT2D eigenvalue weighted by atomic mass is 16.5. The van der Waals surface area contributed by atoms with Crippen LogP contribution < -0.4 is 10.1 Å². The van der Waals surface area contributed by atoms with Gasteiger partial charge in [0.15, 0.2) is 12.4 Å². The van der Waals surface area contributed by atoms with E-state index in [1.165, 1.54) is 0 Å². The Balaban J connectivity index is 1.84. The minimum atomic E-state index is 0.337. The summed E-state index contributed by atoms with van der Waals surface area (Å²) in [6, 6.07) is 3.71. The average molecular weight is 236 g/mol. The topological polar surface area (TPSA) is 76.0 Å². The lowest BCUT2D eigenvalue weighted by Crippen LogP contribution is -2.11. The van der Waals surface area contributed by atoms with Crippen LogP contribution in [0.1, 0.15) is 24.1 Å². The number of aromatic amines is 1. The van der Waals surface area contributed by atoms with Crippen molar-refractivity contribution in [2.24, 2.45) is 0 Å². The third-order valence-corrected chi connectivity index (χ3v) is 2.21. The molecule has 0 aliphatic carbocycles. The molecule has 0 saturated carbocycles. The fourth-order valence-corrected chi connectivity index (χ4v) is 1.37. The Morgan fingerprint density at radius 2 is 2.35 bits per heavy atom. The van der Waals surface area contributed by atoms with Crippen LogP contribution in [0.15, 0.2) is 16.7 Å². The van der Waals surface area contributed by atoms with Gasteiger partial charge in [0.05, 0.1) is 5.69 Å². The molecule has 0 spiro atoms. The molecule has 0 aromatic carbocycles. The fourth-order valence-electron chi connectivity index (χ4n) is 1.37. The number of H-pyrrole nitrogens is 1. The molecule has 0 unspecified atom stereocenters. The van der Waals surface area contributed by atoms with Crippen molar-refractivity contribution in [3.05, 3.63) is 29.3 Å². The van der Waals surface area contributed by atoms with Crippen LogP contribution in [0.25, 0.3) is 0 Å². The first-order valence-corrected chi connectivity index (χ1v) is 5.58. The van der Waals surface area contributed by atoms with E-state index in [9.17, 15) is 0 Å². The SMILES string of the molecule is CCNCc1cc(COc2cc(C)[nH]n2)on1. The maximum absolute atomic E-state index is 5.43. The predicted molar refractivity (Wildman–Crippen MR) is 61.5 cm³/mol. The van der Waals surface area contributed by atoms with Gasteiger partial charge < -0.3 is 14.6 Å². The van der Waals surface area contributed by atoms with Gasteiger partial charge >= 0.3 is 0 Å². The Morgan fingerprint density at radius 3 is 3.06 bits per heavy atom. The highest BCUT2D eigenvalue weighted by Crippen LogP contribution is 2.11. The third-order valence-electron chi connectivity index (χ3n) is 2.21. The summed E-state index contributed by atoms with van der Waals surface area (Å²) in [5.74, 6) is 1.26. The van der Waals surface area contributed by atoms with Crippen molar-refractivity contribution in [3.8, 4) is 5.88 Å². The molecule has 0 aliphatic rings. The summed E-state index contributed by atoms with van der Waals surface area (Å²) in [7, 11) is 0.